The number of hydrogen-bond acceptors (Lipinski definition) is 7. The Balaban J connectivity index is 1.64. The Bertz CT molecular complexity index is 872. The van der Waals surface area contributed by atoms with Crippen molar-refractivity contribution in [2.45, 2.75) is 23.8 Å². The van der Waals surface area contributed by atoms with Gasteiger partial charge in [0.2, 0.25) is 0 Å². The van der Waals surface area contributed by atoms with Crippen molar-refractivity contribution in [2.24, 2.45) is 0 Å². The number of hydrazine groups is 1. The van der Waals surface area contributed by atoms with E-state index in [-0.39, 0.29) is 17.4 Å². The van der Waals surface area contributed by atoms with Crippen LogP contribution in [0.4, 0.5) is 5.69 Å². The minimum atomic E-state index is -0.652. The molecule has 0 unspecified atom stereocenters. The van der Waals surface area contributed by atoms with Gasteiger partial charge in [-0.05, 0) is 37.1 Å². The fourth-order valence-corrected chi connectivity index (χ4v) is 3.72. The molecule has 2 heterocycles. The van der Waals surface area contributed by atoms with Crippen LogP contribution in [-0.2, 0) is 4.74 Å². The molecular weight excluding hydrogens is 384 g/mol. The van der Waals surface area contributed by atoms with Crippen molar-refractivity contribution in [3.05, 3.63) is 64.0 Å². The Morgan fingerprint density at radius 1 is 1.18 bits per heavy atom. The molecule has 1 aromatic heterocycles. The van der Waals surface area contributed by atoms with Gasteiger partial charge in [-0.2, -0.15) is 0 Å². The molecule has 146 valence electrons. The molecule has 0 aliphatic carbocycles. The molecule has 2 aromatic rings. The van der Waals surface area contributed by atoms with Crippen LogP contribution in [0, 0.1) is 10.1 Å². The van der Waals surface area contributed by atoms with E-state index in [4.69, 9.17) is 4.74 Å². The van der Waals surface area contributed by atoms with E-state index in [1.165, 1.54) is 54.5 Å². The average Bonchev–Trinajstić information content (AvgIpc) is 3.24. The smallest absolute Gasteiger partial charge is 0.283 e. The van der Waals surface area contributed by atoms with Crippen LogP contribution in [0.2, 0.25) is 0 Å². The Hall–Kier alpha value is -2.98. The van der Waals surface area contributed by atoms with Gasteiger partial charge in [0.15, 0.2) is 0 Å². The lowest BCUT2D eigenvalue weighted by Crippen LogP contribution is -2.41. The summed E-state index contributed by atoms with van der Waals surface area (Å²) in [5, 5.41) is 11.4. The summed E-state index contributed by atoms with van der Waals surface area (Å²) in [5.41, 5.74) is 4.75. The van der Waals surface area contributed by atoms with Crippen LogP contribution in [0.25, 0.3) is 0 Å². The number of nitro benzene ring substituents is 1. The molecule has 1 fully saturated rings. The van der Waals surface area contributed by atoms with Gasteiger partial charge < -0.3 is 4.74 Å². The molecule has 0 spiro atoms. The number of thioether (sulfide) groups is 1. The number of nitrogens with one attached hydrogen (secondary N) is 2. The normalized spacial score (nSPS) is 15.8. The van der Waals surface area contributed by atoms with Crippen molar-refractivity contribution >= 4 is 29.3 Å². The number of benzene rings is 1. The van der Waals surface area contributed by atoms with Gasteiger partial charge in [-0.1, -0.05) is 0 Å². The number of rotatable bonds is 6. The maximum atomic E-state index is 12.2. The number of aromatic nitrogens is 1. The molecular formula is C18H18N4O5S. The number of nitro groups is 1. The van der Waals surface area contributed by atoms with E-state index in [1.54, 1.807) is 0 Å². The number of ether oxygens (including phenoxy) is 1. The van der Waals surface area contributed by atoms with Crippen LogP contribution in [0.15, 0.2) is 47.6 Å². The Labute approximate surface area is 165 Å². The molecule has 1 saturated heterocycles. The molecule has 1 aliphatic rings. The van der Waals surface area contributed by atoms with E-state index in [9.17, 15) is 19.7 Å². The molecule has 0 radical (unpaired) electrons. The van der Waals surface area contributed by atoms with Crippen LogP contribution in [0.1, 0.15) is 33.6 Å². The lowest BCUT2D eigenvalue weighted by molar-refractivity contribution is -0.387. The van der Waals surface area contributed by atoms with E-state index >= 15 is 0 Å². The number of carbonyl (C=O) groups is 2. The third-order valence-electron chi connectivity index (χ3n) is 4.10. The van der Waals surface area contributed by atoms with E-state index in [1.807, 2.05) is 0 Å². The highest BCUT2D eigenvalue weighted by Gasteiger charge is 2.21. The maximum Gasteiger partial charge on any atom is 0.283 e. The Morgan fingerprint density at radius 3 is 2.54 bits per heavy atom. The summed E-state index contributed by atoms with van der Waals surface area (Å²) in [6, 6.07) is 7.21. The summed E-state index contributed by atoms with van der Waals surface area (Å²) in [5.74, 6) is -0.552. The molecule has 1 aliphatic heterocycles. The van der Waals surface area contributed by atoms with Gasteiger partial charge in [0.25, 0.3) is 17.5 Å². The largest absolute Gasteiger partial charge is 0.377 e. The van der Waals surface area contributed by atoms with Crippen molar-refractivity contribution in [2.75, 3.05) is 12.4 Å². The van der Waals surface area contributed by atoms with Gasteiger partial charge >= 0.3 is 0 Å². The summed E-state index contributed by atoms with van der Waals surface area (Å²) in [4.78, 5) is 39.3. The van der Waals surface area contributed by atoms with Crippen molar-refractivity contribution in [1.29, 1.82) is 0 Å². The molecule has 28 heavy (non-hydrogen) atoms. The monoisotopic (exact) mass is 402 g/mol. The molecule has 2 amide bonds. The zero-order valence-electron chi connectivity index (χ0n) is 14.8. The van der Waals surface area contributed by atoms with Gasteiger partial charge in [0.1, 0.15) is 0 Å². The third-order valence-corrected chi connectivity index (χ3v) is 5.29. The van der Waals surface area contributed by atoms with Crippen LogP contribution >= 0.6 is 11.8 Å². The highest BCUT2D eigenvalue weighted by Crippen LogP contribution is 2.32. The second kappa shape index (κ2) is 9.29. The number of carbonyl (C=O) groups excluding carboxylic acids is 2. The fraction of sp³-hybridized carbons (Fsp3) is 0.278. The molecule has 0 saturated carbocycles. The quantitative estimate of drug-likeness (QED) is 0.432. The lowest BCUT2D eigenvalue weighted by Gasteiger charge is -2.10. The maximum absolute atomic E-state index is 12.2. The molecule has 1 aromatic carbocycles. The number of pyridine rings is 1. The highest BCUT2D eigenvalue weighted by atomic mass is 32.2. The third kappa shape index (κ3) is 5.05. The molecule has 1 atom stereocenters. The second-order valence-corrected chi connectivity index (χ2v) is 7.09. The number of amides is 2. The summed E-state index contributed by atoms with van der Waals surface area (Å²) in [6.07, 6.45) is 4.94. The number of nitrogens with zero attached hydrogens (tertiary/aromatic N) is 2. The first-order valence-electron chi connectivity index (χ1n) is 8.58. The number of hydrogen-bond donors (Lipinski definition) is 2. The topological polar surface area (TPSA) is 123 Å². The van der Waals surface area contributed by atoms with E-state index < -0.39 is 16.7 Å². The summed E-state index contributed by atoms with van der Waals surface area (Å²) >= 11 is 1.33. The average molecular weight is 402 g/mol. The van der Waals surface area contributed by atoms with Gasteiger partial charge in [-0.15, -0.1) is 11.8 Å². The van der Waals surface area contributed by atoms with E-state index in [0.717, 1.165) is 19.4 Å². The summed E-state index contributed by atoms with van der Waals surface area (Å²) in [6.45, 7) is 0.720. The van der Waals surface area contributed by atoms with Crippen LogP contribution < -0.4 is 10.9 Å². The van der Waals surface area contributed by atoms with Gasteiger partial charge in [0.05, 0.1) is 15.9 Å². The Morgan fingerprint density at radius 2 is 1.89 bits per heavy atom. The lowest BCUT2D eigenvalue weighted by atomic mass is 10.2. The van der Waals surface area contributed by atoms with E-state index in [2.05, 4.69) is 15.8 Å². The standard InChI is InChI=1S/C18H18N4O5S/c23-17(12-5-7-19-8-6-12)20-21-18(24)13-3-4-16(15(10-13)22(25)26)28-11-14-2-1-9-27-14/h3-8,10,14H,1-2,9,11H2,(H,20,23)(H,21,24)/t14-/m1/s1. The minimum absolute atomic E-state index is 0.0724. The molecule has 3 rings (SSSR count). The zero-order valence-corrected chi connectivity index (χ0v) is 15.6. The SMILES string of the molecule is O=C(NNC(=O)c1ccc(SC[C@H]2CCCO2)c([N+](=O)[O-])c1)c1ccncc1. The van der Waals surface area contributed by atoms with Crippen molar-refractivity contribution in [3.8, 4) is 0 Å². The first-order valence-corrected chi connectivity index (χ1v) is 9.56. The minimum Gasteiger partial charge on any atom is -0.377 e. The molecule has 9 nitrogen and oxygen atoms in total. The van der Waals surface area contributed by atoms with Crippen molar-refractivity contribution in [3.63, 3.8) is 0 Å². The van der Waals surface area contributed by atoms with Gasteiger partial charge in [-0.25, -0.2) is 0 Å². The predicted octanol–water partition coefficient (Wildman–Crippen LogP) is 2.34. The molecule has 0 bridgehead atoms. The van der Waals surface area contributed by atoms with Crippen LogP contribution in [-0.4, -0.2) is 40.2 Å². The fourth-order valence-electron chi connectivity index (χ4n) is 2.64. The van der Waals surface area contributed by atoms with E-state index in [0.29, 0.717) is 16.2 Å². The van der Waals surface area contributed by atoms with Crippen LogP contribution in [0.3, 0.4) is 0 Å². The first kappa shape index (κ1) is 19.8. The zero-order chi connectivity index (χ0) is 19.9. The van der Waals surface area contributed by atoms with Gasteiger partial charge in [-0.3, -0.25) is 35.5 Å². The summed E-state index contributed by atoms with van der Waals surface area (Å²) in [7, 11) is 0. The highest BCUT2D eigenvalue weighted by molar-refractivity contribution is 7.99. The summed E-state index contributed by atoms with van der Waals surface area (Å²) < 4.78 is 5.53. The predicted molar refractivity (Wildman–Crippen MR) is 102 cm³/mol. The Kier molecular flexibility index (Phi) is 6.56. The first-order chi connectivity index (χ1) is 13.5. The molecule has 2 N–H and O–H groups in total. The second-order valence-electron chi connectivity index (χ2n) is 6.03. The van der Waals surface area contributed by atoms with Crippen molar-refractivity contribution in [1.82, 2.24) is 15.8 Å². The molecule has 10 heteroatoms. The van der Waals surface area contributed by atoms with Crippen molar-refractivity contribution < 1.29 is 19.2 Å². The van der Waals surface area contributed by atoms with Gasteiger partial charge in [0, 0.05) is 41.9 Å². The van der Waals surface area contributed by atoms with Crippen LogP contribution in [0.5, 0.6) is 0 Å².